The number of rotatable bonds is 8. The second kappa shape index (κ2) is 12.1. The number of nitrogens with zero attached hydrogens (tertiary/aromatic N) is 4. The summed E-state index contributed by atoms with van der Waals surface area (Å²) in [4.78, 5) is 22.4. The SMILES string of the molecule is N#Cc1cnc(NC(=O)Nc2ccc(CCNCc3cccc(N4CCOCC4)c3)c(Cl)c2)cn1. The van der Waals surface area contributed by atoms with Gasteiger partial charge in [0.2, 0.25) is 0 Å². The molecule has 1 saturated heterocycles. The monoisotopic (exact) mass is 491 g/mol. The van der Waals surface area contributed by atoms with Crippen molar-refractivity contribution in [1.29, 1.82) is 5.26 Å². The maximum atomic E-state index is 12.2. The summed E-state index contributed by atoms with van der Waals surface area (Å²) < 4.78 is 5.44. The first-order valence-corrected chi connectivity index (χ1v) is 11.7. The maximum absolute atomic E-state index is 12.2. The van der Waals surface area contributed by atoms with Crippen LogP contribution in [0.15, 0.2) is 54.9 Å². The van der Waals surface area contributed by atoms with E-state index in [0.717, 1.165) is 51.4 Å². The first-order chi connectivity index (χ1) is 17.1. The number of aromatic nitrogens is 2. The molecule has 9 nitrogen and oxygen atoms in total. The molecule has 1 fully saturated rings. The number of amides is 2. The van der Waals surface area contributed by atoms with Crippen molar-refractivity contribution in [2.24, 2.45) is 0 Å². The number of hydrogen-bond acceptors (Lipinski definition) is 7. The lowest BCUT2D eigenvalue weighted by atomic mass is 10.1. The summed E-state index contributed by atoms with van der Waals surface area (Å²) in [5.74, 6) is 0.241. The van der Waals surface area contributed by atoms with E-state index in [0.29, 0.717) is 10.7 Å². The molecule has 4 rings (SSSR count). The quantitative estimate of drug-likeness (QED) is 0.410. The topological polar surface area (TPSA) is 115 Å². The van der Waals surface area contributed by atoms with Gasteiger partial charge in [-0.3, -0.25) is 5.32 Å². The van der Waals surface area contributed by atoms with Gasteiger partial charge < -0.3 is 20.3 Å². The van der Waals surface area contributed by atoms with Crippen molar-refractivity contribution >= 4 is 34.8 Å². The molecule has 3 N–H and O–H groups in total. The lowest BCUT2D eigenvalue weighted by molar-refractivity contribution is 0.122. The first-order valence-electron chi connectivity index (χ1n) is 11.3. The fraction of sp³-hybridized carbons (Fsp3) is 0.280. The Kier molecular flexibility index (Phi) is 8.46. The third-order valence-electron chi connectivity index (χ3n) is 5.51. The molecule has 0 saturated carbocycles. The van der Waals surface area contributed by atoms with Crippen molar-refractivity contribution in [1.82, 2.24) is 15.3 Å². The van der Waals surface area contributed by atoms with Crippen molar-refractivity contribution < 1.29 is 9.53 Å². The average molecular weight is 492 g/mol. The van der Waals surface area contributed by atoms with E-state index in [1.54, 1.807) is 12.1 Å². The van der Waals surface area contributed by atoms with Crippen LogP contribution in [0.5, 0.6) is 0 Å². The highest BCUT2D eigenvalue weighted by molar-refractivity contribution is 6.31. The highest BCUT2D eigenvalue weighted by Gasteiger charge is 2.11. The Morgan fingerprint density at radius 3 is 2.71 bits per heavy atom. The largest absolute Gasteiger partial charge is 0.378 e. The number of nitriles is 1. The van der Waals surface area contributed by atoms with E-state index in [2.05, 4.69) is 55.1 Å². The zero-order valence-corrected chi connectivity index (χ0v) is 19.9. The predicted molar refractivity (Wildman–Crippen MR) is 136 cm³/mol. The molecule has 1 aromatic heterocycles. The van der Waals surface area contributed by atoms with Crippen LogP contribution >= 0.6 is 11.6 Å². The number of benzene rings is 2. The fourth-order valence-electron chi connectivity index (χ4n) is 3.70. The van der Waals surface area contributed by atoms with Gasteiger partial charge in [0.1, 0.15) is 6.07 Å². The zero-order valence-electron chi connectivity index (χ0n) is 19.1. The van der Waals surface area contributed by atoms with Crippen molar-refractivity contribution in [3.63, 3.8) is 0 Å². The van der Waals surface area contributed by atoms with Crippen LogP contribution in [-0.4, -0.2) is 48.8 Å². The van der Waals surface area contributed by atoms with Gasteiger partial charge in [0, 0.05) is 36.0 Å². The molecular formula is C25H26ClN7O2. The second-order valence-electron chi connectivity index (χ2n) is 7.98. The minimum atomic E-state index is -0.478. The van der Waals surface area contributed by atoms with Gasteiger partial charge >= 0.3 is 6.03 Å². The Morgan fingerprint density at radius 2 is 1.97 bits per heavy atom. The molecule has 0 radical (unpaired) electrons. The normalized spacial score (nSPS) is 13.2. The Balaban J connectivity index is 1.23. The number of urea groups is 1. The van der Waals surface area contributed by atoms with Crippen molar-refractivity contribution in [2.75, 3.05) is 48.4 Å². The number of anilines is 3. The minimum absolute atomic E-state index is 0.175. The highest BCUT2D eigenvalue weighted by atomic mass is 35.5. The molecular weight excluding hydrogens is 466 g/mol. The van der Waals surface area contributed by atoms with E-state index in [-0.39, 0.29) is 11.5 Å². The van der Waals surface area contributed by atoms with Gasteiger partial charge in [-0.1, -0.05) is 29.8 Å². The van der Waals surface area contributed by atoms with Gasteiger partial charge in [-0.15, -0.1) is 0 Å². The minimum Gasteiger partial charge on any atom is -0.378 e. The Bertz CT molecular complexity index is 1190. The standard InChI is InChI=1S/C25H26ClN7O2/c26-23-13-20(31-25(34)32-24-17-29-21(14-27)16-30-24)5-4-19(23)6-7-28-15-18-2-1-3-22(12-18)33-8-10-35-11-9-33/h1-5,12-13,16-17,28H,6-11,15H2,(H2,30,31,32,34). The number of morpholine rings is 1. The predicted octanol–water partition coefficient (Wildman–Crippen LogP) is 3.81. The summed E-state index contributed by atoms with van der Waals surface area (Å²) in [6, 6.07) is 15.4. The summed E-state index contributed by atoms with van der Waals surface area (Å²) in [5, 5.41) is 18.1. The van der Waals surface area contributed by atoms with Crippen LogP contribution in [0.4, 0.5) is 22.0 Å². The molecule has 180 valence electrons. The van der Waals surface area contributed by atoms with Gasteiger partial charge in [0.15, 0.2) is 11.5 Å². The molecule has 0 unspecified atom stereocenters. The van der Waals surface area contributed by atoms with Crippen LogP contribution in [0, 0.1) is 11.3 Å². The summed E-state index contributed by atoms with van der Waals surface area (Å²) in [7, 11) is 0. The van der Waals surface area contributed by atoms with Crippen LogP contribution in [-0.2, 0) is 17.7 Å². The first kappa shape index (κ1) is 24.4. The average Bonchev–Trinajstić information content (AvgIpc) is 2.89. The van der Waals surface area contributed by atoms with Crippen LogP contribution in [0.1, 0.15) is 16.8 Å². The summed E-state index contributed by atoms with van der Waals surface area (Å²) in [5.41, 5.74) is 4.19. The van der Waals surface area contributed by atoms with E-state index in [4.69, 9.17) is 21.6 Å². The number of ether oxygens (including phenoxy) is 1. The number of halogens is 1. The summed E-state index contributed by atoms with van der Waals surface area (Å²) in [6.07, 6.45) is 3.37. The molecule has 0 bridgehead atoms. The molecule has 10 heteroatoms. The molecule has 35 heavy (non-hydrogen) atoms. The molecule has 2 heterocycles. The lowest BCUT2D eigenvalue weighted by Crippen LogP contribution is -2.36. The fourth-order valence-corrected chi connectivity index (χ4v) is 3.97. The lowest BCUT2D eigenvalue weighted by Gasteiger charge is -2.29. The molecule has 1 aliphatic rings. The Morgan fingerprint density at radius 1 is 1.11 bits per heavy atom. The molecule has 3 aromatic rings. The van der Waals surface area contributed by atoms with E-state index in [1.807, 2.05) is 12.1 Å². The van der Waals surface area contributed by atoms with Crippen molar-refractivity contribution in [3.8, 4) is 6.07 Å². The number of carbonyl (C=O) groups excluding carboxylic acids is 1. The van der Waals surface area contributed by atoms with E-state index in [1.165, 1.54) is 23.6 Å². The van der Waals surface area contributed by atoms with E-state index < -0.39 is 6.03 Å². The Labute approximate surface area is 209 Å². The van der Waals surface area contributed by atoms with Gasteiger partial charge in [0.25, 0.3) is 0 Å². The van der Waals surface area contributed by atoms with Gasteiger partial charge in [0.05, 0.1) is 25.6 Å². The summed E-state index contributed by atoms with van der Waals surface area (Å²) >= 11 is 6.44. The Hall–Kier alpha value is -3.71. The van der Waals surface area contributed by atoms with Crippen molar-refractivity contribution in [2.45, 2.75) is 13.0 Å². The highest BCUT2D eigenvalue weighted by Crippen LogP contribution is 2.22. The van der Waals surface area contributed by atoms with Crippen LogP contribution < -0.4 is 20.9 Å². The number of hydrogen-bond donors (Lipinski definition) is 3. The number of nitrogens with one attached hydrogen (secondary N) is 3. The van der Waals surface area contributed by atoms with Crippen LogP contribution in [0.2, 0.25) is 5.02 Å². The van der Waals surface area contributed by atoms with Gasteiger partial charge in [-0.05, 0) is 48.4 Å². The maximum Gasteiger partial charge on any atom is 0.324 e. The molecule has 2 aromatic carbocycles. The van der Waals surface area contributed by atoms with Crippen LogP contribution in [0.25, 0.3) is 0 Å². The van der Waals surface area contributed by atoms with Crippen molar-refractivity contribution in [3.05, 3.63) is 76.7 Å². The zero-order chi connectivity index (χ0) is 24.5. The molecule has 1 aliphatic heterocycles. The smallest absolute Gasteiger partial charge is 0.324 e. The van der Waals surface area contributed by atoms with E-state index >= 15 is 0 Å². The van der Waals surface area contributed by atoms with Crippen LogP contribution in [0.3, 0.4) is 0 Å². The second-order valence-corrected chi connectivity index (χ2v) is 8.39. The third-order valence-corrected chi connectivity index (χ3v) is 5.86. The van der Waals surface area contributed by atoms with E-state index in [9.17, 15) is 4.79 Å². The summed E-state index contributed by atoms with van der Waals surface area (Å²) in [6.45, 7) is 4.93. The molecule has 0 atom stereocenters. The number of carbonyl (C=O) groups is 1. The molecule has 0 spiro atoms. The molecule has 2 amide bonds. The van der Waals surface area contributed by atoms with Gasteiger partial charge in [-0.2, -0.15) is 5.26 Å². The molecule has 0 aliphatic carbocycles. The third kappa shape index (κ3) is 7.13. The van der Waals surface area contributed by atoms with Gasteiger partial charge in [-0.25, -0.2) is 14.8 Å².